The summed E-state index contributed by atoms with van der Waals surface area (Å²) in [5.41, 5.74) is 2.31. The number of para-hydroxylation sites is 1. The average Bonchev–Trinajstić information content (AvgIpc) is 2.80. The van der Waals surface area contributed by atoms with Crippen LogP contribution in [0.3, 0.4) is 0 Å². The minimum absolute atomic E-state index is 0.00653. The zero-order valence-electron chi connectivity index (χ0n) is 10.6. The number of aryl methyl sites for hydroxylation is 1. The minimum Gasteiger partial charge on any atom is -0.507 e. The molecule has 98 valence electrons. The van der Waals surface area contributed by atoms with E-state index in [1.807, 2.05) is 6.92 Å². The first-order chi connectivity index (χ1) is 9.16. The Morgan fingerprint density at radius 1 is 1.42 bits per heavy atom. The maximum absolute atomic E-state index is 12.3. The van der Waals surface area contributed by atoms with Crippen molar-refractivity contribution in [1.82, 2.24) is 10.1 Å². The van der Waals surface area contributed by atoms with Crippen LogP contribution in [-0.4, -0.2) is 27.6 Å². The Morgan fingerprint density at radius 2 is 2.21 bits per heavy atom. The van der Waals surface area contributed by atoms with Crippen molar-refractivity contribution in [3.63, 3.8) is 0 Å². The molecule has 0 atom stereocenters. The SMILES string of the molecule is Cc1noc2c1CCN(C(=O)c1ccccc1O)C2. The Morgan fingerprint density at radius 3 is 3.00 bits per heavy atom. The number of benzene rings is 1. The van der Waals surface area contributed by atoms with E-state index in [-0.39, 0.29) is 11.7 Å². The molecule has 1 N–H and O–H groups in total. The second-order valence-electron chi connectivity index (χ2n) is 4.66. The Labute approximate surface area is 110 Å². The molecule has 1 aliphatic rings. The lowest BCUT2D eigenvalue weighted by atomic mass is 10.0. The topological polar surface area (TPSA) is 66.6 Å². The van der Waals surface area contributed by atoms with Gasteiger partial charge in [0.2, 0.25) is 0 Å². The first-order valence-corrected chi connectivity index (χ1v) is 6.18. The van der Waals surface area contributed by atoms with E-state index in [9.17, 15) is 9.90 Å². The molecule has 0 fully saturated rings. The van der Waals surface area contributed by atoms with Crippen molar-refractivity contribution >= 4 is 5.91 Å². The molecular weight excluding hydrogens is 244 g/mol. The summed E-state index contributed by atoms with van der Waals surface area (Å²) >= 11 is 0. The molecule has 0 spiro atoms. The highest BCUT2D eigenvalue weighted by atomic mass is 16.5. The number of aromatic hydroxyl groups is 1. The van der Waals surface area contributed by atoms with E-state index < -0.39 is 0 Å². The minimum atomic E-state index is -0.183. The van der Waals surface area contributed by atoms with Crippen LogP contribution in [-0.2, 0) is 13.0 Å². The molecule has 2 heterocycles. The van der Waals surface area contributed by atoms with Crippen molar-refractivity contribution in [3.05, 3.63) is 46.8 Å². The molecule has 0 saturated carbocycles. The van der Waals surface area contributed by atoms with Crippen LogP contribution in [0.25, 0.3) is 0 Å². The number of rotatable bonds is 1. The summed E-state index contributed by atoms with van der Waals surface area (Å²) < 4.78 is 5.23. The normalized spacial score (nSPS) is 14.3. The fourth-order valence-electron chi connectivity index (χ4n) is 2.38. The number of hydrogen-bond acceptors (Lipinski definition) is 4. The van der Waals surface area contributed by atoms with Gasteiger partial charge in [0, 0.05) is 12.1 Å². The number of aromatic nitrogens is 1. The van der Waals surface area contributed by atoms with Crippen molar-refractivity contribution < 1.29 is 14.4 Å². The van der Waals surface area contributed by atoms with Gasteiger partial charge in [-0.1, -0.05) is 17.3 Å². The van der Waals surface area contributed by atoms with Crippen LogP contribution in [0.1, 0.15) is 27.4 Å². The lowest BCUT2D eigenvalue weighted by molar-refractivity contribution is 0.0713. The predicted octanol–water partition coefficient (Wildman–Crippen LogP) is 1.89. The third-order valence-corrected chi connectivity index (χ3v) is 3.45. The molecule has 1 aromatic heterocycles. The predicted molar refractivity (Wildman–Crippen MR) is 67.8 cm³/mol. The van der Waals surface area contributed by atoms with E-state index in [1.54, 1.807) is 23.1 Å². The summed E-state index contributed by atoms with van der Waals surface area (Å²) in [6.45, 7) is 2.93. The number of nitrogens with zero attached hydrogens (tertiary/aromatic N) is 2. The summed E-state index contributed by atoms with van der Waals surface area (Å²) in [6, 6.07) is 6.57. The average molecular weight is 258 g/mol. The van der Waals surface area contributed by atoms with E-state index in [1.165, 1.54) is 6.07 Å². The third-order valence-electron chi connectivity index (χ3n) is 3.45. The molecule has 1 aromatic carbocycles. The Kier molecular flexibility index (Phi) is 2.74. The number of amides is 1. The molecule has 1 amide bonds. The molecule has 0 unspecified atom stereocenters. The van der Waals surface area contributed by atoms with Crippen LogP contribution in [0.15, 0.2) is 28.8 Å². The standard InChI is InChI=1S/C14H14N2O3/c1-9-10-6-7-16(8-13(10)19-15-9)14(18)11-4-2-3-5-12(11)17/h2-5,17H,6-8H2,1H3. The number of phenols is 1. The van der Waals surface area contributed by atoms with Gasteiger partial charge in [-0.25, -0.2) is 0 Å². The van der Waals surface area contributed by atoms with Crippen molar-refractivity contribution in [2.45, 2.75) is 19.9 Å². The fraction of sp³-hybridized carbons (Fsp3) is 0.286. The Balaban J connectivity index is 1.86. The second kappa shape index (κ2) is 4.42. The van der Waals surface area contributed by atoms with E-state index in [2.05, 4.69) is 5.16 Å². The quantitative estimate of drug-likeness (QED) is 0.848. The lowest BCUT2D eigenvalue weighted by Gasteiger charge is -2.26. The van der Waals surface area contributed by atoms with Gasteiger partial charge in [0.05, 0.1) is 17.8 Å². The van der Waals surface area contributed by atoms with Gasteiger partial charge in [0.1, 0.15) is 5.75 Å². The first-order valence-electron chi connectivity index (χ1n) is 6.18. The highest BCUT2D eigenvalue weighted by molar-refractivity contribution is 5.96. The van der Waals surface area contributed by atoms with Gasteiger partial charge in [-0.05, 0) is 25.5 Å². The molecule has 0 saturated heterocycles. The summed E-state index contributed by atoms with van der Waals surface area (Å²) in [6.07, 6.45) is 0.740. The molecule has 5 heteroatoms. The molecule has 0 radical (unpaired) electrons. The Hall–Kier alpha value is -2.30. The first kappa shape index (κ1) is 11.8. The van der Waals surface area contributed by atoms with E-state index in [4.69, 9.17) is 4.52 Å². The summed E-state index contributed by atoms with van der Waals surface area (Å²) in [7, 11) is 0. The molecule has 1 aliphatic heterocycles. The van der Waals surface area contributed by atoms with E-state index >= 15 is 0 Å². The van der Waals surface area contributed by atoms with E-state index in [0.29, 0.717) is 18.7 Å². The summed E-state index contributed by atoms with van der Waals surface area (Å²) in [4.78, 5) is 14.0. The molecule has 19 heavy (non-hydrogen) atoms. The van der Waals surface area contributed by atoms with Crippen LogP contribution in [0.2, 0.25) is 0 Å². The van der Waals surface area contributed by atoms with Crippen LogP contribution >= 0.6 is 0 Å². The van der Waals surface area contributed by atoms with Crippen molar-refractivity contribution in [3.8, 4) is 5.75 Å². The molecular formula is C14H14N2O3. The monoisotopic (exact) mass is 258 g/mol. The zero-order chi connectivity index (χ0) is 13.4. The van der Waals surface area contributed by atoms with Crippen LogP contribution < -0.4 is 0 Å². The number of fused-ring (bicyclic) bond motifs is 1. The van der Waals surface area contributed by atoms with Gasteiger partial charge < -0.3 is 14.5 Å². The maximum Gasteiger partial charge on any atom is 0.258 e. The maximum atomic E-state index is 12.3. The van der Waals surface area contributed by atoms with Gasteiger partial charge in [0.25, 0.3) is 5.91 Å². The highest BCUT2D eigenvalue weighted by Crippen LogP contribution is 2.25. The summed E-state index contributed by atoms with van der Waals surface area (Å²) in [5.74, 6) is 0.567. The number of phenolic OH excluding ortho intramolecular Hbond substituents is 1. The van der Waals surface area contributed by atoms with E-state index in [0.717, 1.165) is 23.4 Å². The molecule has 3 rings (SSSR count). The van der Waals surface area contributed by atoms with Crippen molar-refractivity contribution in [2.75, 3.05) is 6.54 Å². The van der Waals surface area contributed by atoms with Gasteiger partial charge >= 0.3 is 0 Å². The fourth-order valence-corrected chi connectivity index (χ4v) is 2.38. The third kappa shape index (κ3) is 1.97. The molecule has 2 aromatic rings. The summed E-state index contributed by atoms with van der Waals surface area (Å²) in [5, 5.41) is 13.6. The highest BCUT2D eigenvalue weighted by Gasteiger charge is 2.27. The largest absolute Gasteiger partial charge is 0.507 e. The number of carbonyl (C=O) groups is 1. The van der Waals surface area contributed by atoms with Crippen molar-refractivity contribution in [2.24, 2.45) is 0 Å². The molecule has 0 bridgehead atoms. The van der Waals surface area contributed by atoms with Crippen molar-refractivity contribution in [1.29, 1.82) is 0 Å². The number of hydrogen-bond donors (Lipinski definition) is 1. The van der Waals surface area contributed by atoms with Crippen LogP contribution in [0, 0.1) is 6.92 Å². The molecule has 0 aliphatic carbocycles. The van der Waals surface area contributed by atoms with Crippen LogP contribution in [0.4, 0.5) is 0 Å². The lowest BCUT2D eigenvalue weighted by Crippen LogP contribution is -2.35. The van der Waals surface area contributed by atoms with Gasteiger partial charge in [-0.15, -0.1) is 0 Å². The molecule has 5 nitrogen and oxygen atoms in total. The van der Waals surface area contributed by atoms with Gasteiger partial charge in [-0.3, -0.25) is 4.79 Å². The smallest absolute Gasteiger partial charge is 0.258 e. The number of carbonyl (C=O) groups excluding carboxylic acids is 1. The van der Waals surface area contributed by atoms with Gasteiger partial charge in [-0.2, -0.15) is 0 Å². The second-order valence-corrected chi connectivity index (χ2v) is 4.66. The van der Waals surface area contributed by atoms with Crippen LogP contribution in [0.5, 0.6) is 5.75 Å². The zero-order valence-corrected chi connectivity index (χ0v) is 10.6. The Bertz CT molecular complexity index is 633. The van der Waals surface area contributed by atoms with Gasteiger partial charge in [0.15, 0.2) is 5.76 Å².